The quantitative estimate of drug-likeness (QED) is 0.765. The molecule has 2 atom stereocenters. The van der Waals surface area contributed by atoms with E-state index in [4.69, 9.17) is 4.74 Å². The van der Waals surface area contributed by atoms with Crippen LogP contribution in [0.1, 0.15) is 24.2 Å². The summed E-state index contributed by atoms with van der Waals surface area (Å²) in [5.74, 6) is 0.0770. The Hall–Kier alpha value is -1.39. The fraction of sp³-hybridized carbons (Fsp3) is 0.462. The molecule has 0 bridgehead atoms. The summed E-state index contributed by atoms with van der Waals surface area (Å²) in [7, 11) is 0. The highest BCUT2D eigenvalue weighted by Gasteiger charge is 2.23. The molecule has 17 heavy (non-hydrogen) atoms. The number of hydrogen-bond donors (Lipinski definition) is 2. The van der Waals surface area contributed by atoms with E-state index in [2.05, 4.69) is 23.6 Å². The van der Waals surface area contributed by atoms with Crippen molar-refractivity contribution >= 4 is 11.6 Å². The van der Waals surface area contributed by atoms with Crippen molar-refractivity contribution in [3.8, 4) is 0 Å². The average molecular weight is 232 g/mol. The first-order valence-corrected chi connectivity index (χ1v) is 6.01. The fourth-order valence-corrected chi connectivity index (χ4v) is 2.44. The second-order valence-corrected chi connectivity index (χ2v) is 4.74. The number of ether oxygens (including phenoxy) is 1. The van der Waals surface area contributed by atoms with Gasteiger partial charge in [0, 0.05) is 18.8 Å². The summed E-state index contributed by atoms with van der Waals surface area (Å²) >= 11 is 0. The van der Waals surface area contributed by atoms with Crippen LogP contribution in [0.4, 0.5) is 5.69 Å². The normalized spacial score (nSPS) is 27.7. The Morgan fingerprint density at radius 2 is 2.24 bits per heavy atom. The first kappa shape index (κ1) is 10.7. The number of anilines is 1. The number of hydrogen-bond acceptors (Lipinski definition) is 3. The lowest BCUT2D eigenvalue weighted by Crippen LogP contribution is -2.38. The lowest BCUT2D eigenvalue weighted by molar-refractivity contribution is -0.115. The maximum absolute atomic E-state index is 11.3. The van der Waals surface area contributed by atoms with Gasteiger partial charge in [0.2, 0.25) is 5.91 Å². The van der Waals surface area contributed by atoms with E-state index >= 15 is 0 Å². The van der Waals surface area contributed by atoms with Gasteiger partial charge in [-0.05, 0) is 24.1 Å². The van der Waals surface area contributed by atoms with Gasteiger partial charge in [0.25, 0.3) is 0 Å². The highest BCUT2D eigenvalue weighted by Crippen LogP contribution is 2.28. The molecule has 1 aromatic rings. The third-order valence-electron chi connectivity index (χ3n) is 3.28. The summed E-state index contributed by atoms with van der Waals surface area (Å²) in [4.78, 5) is 11.3. The van der Waals surface area contributed by atoms with E-state index in [9.17, 15) is 4.79 Å². The molecule has 2 aliphatic rings. The monoisotopic (exact) mass is 232 g/mol. The number of morpholine rings is 1. The molecule has 1 amide bonds. The molecule has 4 heteroatoms. The predicted molar refractivity (Wildman–Crippen MR) is 64.9 cm³/mol. The molecule has 90 valence electrons. The molecule has 0 spiro atoms. The van der Waals surface area contributed by atoms with E-state index in [0.717, 1.165) is 29.9 Å². The van der Waals surface area contributed by atoms with Crippen molar-refractivity contribution in [1.29, 1.82) is 0 Å². The number of nitrogens with one attached hydrogen (secondary N) is 2. The Morgan fingerprint density at radius 1 is 1.35 bits per heavy atom. The Morgan fingerprint density at radius 3 is 3.06 bits per heavy atom. The van der Waals surface area contributed by atoms with Gasteiger partial charge in [-0.15, -0.1) is 0 Å². The Kier molecular flexibility index (Phi) is 2.61. The van der Waals surface area contributed by atoms with Crippen LogP contribution >= 0.6 is 0 Å². The summed E-state index contributed by atoms with van der Waals surface area (Å²) in [5.41, 5.74) is 3.17. The number of fused-ring (bicyclic) bond motifs is 1. The first-order valence-electron chi connectivity index (χ1n) is 6.01. The molecule has 0 radical (unpaired) electrons. The first-order chi connectivity index (χ1) is 8.22. The Balaban J connectivity index is 1.84. The Labute approximate surface area is 100 Å². The summed E-state index contributed by atoms with van der Waals surface area (Å²) in [5, 5.41) is 6.19. The van der Waals surface area contributed by atoms with E-state index < -0.39 is 0 Å². The van der Waals surface area contributed by atoms with Crippen molar-refractivity contribution in [3.63, 3.8) is 0 Å². The molecule has 1 aromatic carbocycles. The SMILES string of the molecule is CC1CNCC(c2ccc3c(c2)CC(=O)N3)O1. The second-order valence-electron chi connectivity index (χ2n) is 4.74. The van der Waals surface area contributed by atoms with E-state index in [1.54, 1.807) is 0 Å². The average Bonchev–Trinajstić information content (AvgIpc) is 2.68. The molecule has 2 heterocycles. The molecule has 4 nitrogen and oxygen atoms in total. The minimum atomic E-state index is 0.0770. The van der Waals surface area contributed by atoms with Crippen molar-refractivity contribution in [3.05, 3.63) is 29.3 Å². The van der Waals surface area contributed by atoms with Gasteiger partial charge < -0.3 is 15.4 Å². The van der Waals surface area contributed by atoms with Crippen LogP contribution in [0.25, 0.3) is 0 Å². The summed E-state index contributed by atoms with van der Waals surface area (Å²) in [6.45, 7) is 3.81. The van der Waals surface area contributed by atoms with Crippen LogP contribution in [0.2, 0.25) is 0 Å². The molecule has 2 unspecified atom stereocenters. The van der Waals surface area contributed by atoms with Crippen LogP contribution in [-0.2, 0) is 16.0 Å². The second kappa shape index (κ2) is 4.13. The van der Waals surface area contributed by atoms with Gasteiger partial charge in [0.05, 0.1) is 18.6 Å². The van der Waals surface area contributed by atoms with Gasteiger partial charge in [-0.1, -0.05) is 12.1 Å². The largest absolute Gasteiger partial charge is 0.368 e. The minimum absolute atomic E-state index is 0.0770. The van der Waals surface area contributed by atoms with Crippen molar-refractivity contribution < 1.29 is 9.53 Å². The van der Waals surface area contributed by atoms with Crippen LogP contribution < -0.4 is 10.6 Å². The lowest BCUT2D eigenvalue weighted by Gasteiger charge is -2.29. The maximum atomic E-state index is 11.3. The standard InChI is InChI=1S/C13H16N2O2/c1-8-6-14-7-12(17-8)9-2-3-11-10(4-9)5-13(16)15-11/h2-4,8,12,14H,5-7H2,1H3,(H,15,16). The number of carbonyl (C=O) groups excluding carboxylic acids is 1. The Bertz CT molecular complexity index is 459. The van der Waals surface area contributed by atoms with Gasteiger partial charge in [0.1, 0.15) is 0 Å². The third-order valence-corrected chi connectivity index (χ3v) is 3.28. The van der Waals surface area contributed by atoms with Gasteiger partial charge in [-0.2, -0.15) is 0 Å². The van der Waals surface area contributed by atoms with E-state index in [1.807, 2.05) is 12.1 Å². The number of amides is 1. The van der Waals surface area contributed by atoms with E-state index in [0.29, 0.717) is 6.42 Å². The van der Waals surface area contributed by atoms with Crippen molar-refractivity contribution in [1.82, 2.24) is 5.32 Å². The highest BCUT2D eigenvalue weighted by atomic mass is 16.5. The van der Waals surface area contributed by atoms with Crippen LogP contribution in [0.5, 0.6) is 0 Å². The number of carbonyl (C=O) groups is 1. The van der Waals surface area contributed by atoms with Crippen molar-refractivity contribution in [2.24, 2.45) is 0 Å². The molecule has 2 N–H and O–H groups in total. The molecule has 3 rings (SSSR count). The summed E-state index contributed by atoms with van der Waals surface area (Å²) in [6.07, 6.45) is 0.820. The van der Waals surface area contributed by atoms with E-state index in [1.165, 1.54) is 0 Å². The minimum Gasteiger partial charge on any atom is -0.368 e. The van der Waals surface area contributed by atoms with Crippen molar-refractivity contribution in [2.75, 3.05) is 18.4 Å². The van der Waals surface area contributed by atoms with E-state index in [-0.39, 0.29) is 18.1 Å². The van der Waals surface area contributed by atoms with Crippen LogP contribution in [0.3, 0.4) is 0 Å². The van der Waals surface area contributed by atoms with Gasteiger partial charge in [-0.3, -0.25) is 4.79 Å². The zero-order valence-corrected chi connectivity index (χ0v) is 9.82. The molecule has 0 saturated carbocycles. The van der Waals surface area contributed by atoms with Crippen LogP contribution in [0.15, 0.2) is 18.2 Å². The smallest absolute Gasteiger partial charge is 0.228 e. The third kappa shape index (κ3) is 2.06. The molecule has 2 aliphatic heterocycles. The van der Waals surface area contributed by atoms with Gasteiger partial charge in [-0.25, -0.2) is 0 Å². The molecule has 0 aromatic heterocycles. The summed E-state index contributed by atoms with van der Waals surface area (Å²) < 4.78 is 5.89. The summed E-state index contributed by atoms with van der Waals surface area (Å²) in [6, 6.07) is 6.09. The van der Waals surface area contributed by atoms with Crippen molar-refractivity contribution in [2.45, 2.75) is 25.6 Å². The van der Waals surface area contributed by atoms with Crippen LogP contribution in [0, 0.1) is 0 Å². The fourth-order valence-electron chi connectivity index (χ4n) is 2.44. The van der Waals surface area contributed by atoms with Gasteiger partial charge >= 0.3 is 0 Å². The number of benzene rings is 1. The molecule has 1 saturated heterocycles. The zero-order chi connectivity index (χ0) is 11.8. The maximum Gasteiger partial charge on any atom is 0.228 e. The highest BCUT2D eigenvalue weighted by molar-refractivity contribution is 5.99. The molecule has 1 fully saturated rings. The molecular weight excluding hydrogens is 216 g/mol. The topological polar surface area (TPSA) is 50.4 Å². The van der Waals surface area contributed by atoms with Gasteiger partial charge in [0.15, 0.2) is 0 Å². The predicted octanol–water partition coefficient (Wildman–Crippen LogP) is 1.23. The molecule has 0 aliphatic carbocycles. The lowest BCUT2D eigenvalue weighted by atomic mass is 10.0. The molecular formula is C13H16N2O2. The zero-order valence-electron chi connectivity index (χ0n) is 9.82. The number of rotatable bonds is 1. The van der Waals surface area contributed by atoms with Crippen LogP contribution in [-0.4, -0.2) is 25.1 Å².